The summed E-state index contributed by atoms with van der Waals surface area (Å²) < 4.78 is 4.59. The Kier molecular flexibility index (Phi) is 3.35. The van der Waals surface area contributed by atoms with E-state index in [9.17, 15) is 4.79 Å². The van der Waals surface area contributed by atoms with Crippen LogP contribution in [0.1, 0.15) is 0 Å². The Balaban J connectivity index is 2.43. The summed E-state index contributed by atoms with van der Waals surface area (Å²) in [5.41, 5.74) is 0.453. The fourth-order valence-corrected chi connectivity index (χ4v) is 1.36. The number of carbonyl (C=O) groups is 1. The lowest BCUT2D eigenvalue weighted by atomic mass is 10.3. The van der Waals surface area contributed by atoms with E-state index >= 15 is 0 Å². The number of nitrogens with zero attached hydrogens (tertiary/aromatic N) is 3. The van der Waals surface area contributed by atoms with Crippen LogP contribution in [0.25, 0.3) is 0 Å². The van der Waals surface area contributed by atoms with Crippen molar-refractivity contribution in [2.24, 2.45) is 0 Å². The van der Waals surface area contributed by atoms with Crippen molar-refractivity contribution in [1.82, 2.24) is 9.80 Å². The second-order valence-electron chi connectivity index (χ2n) is 3.00. The maximum absolute atomic E-state index is 11.1. The largest absolute Gasteiger partial charge is 0.453 e. The van der Waals surface area contributed by atoms with E-state index in [0.717, 1.165) is 0 Å². The van der Waals surface area contributed by atoms with E-state index in [4.69, 9.17) is 5.26 Å². The molecule has 0 spiro atoms. The van der Waals surface area contributed by atoms with E-state index in [1.54, 1.807) is 4.90 Å². The molecule has 1 aliphatic rings. The zero-order valence-corrected chi connectivity index (χ0v) is 8.19. The maximum atomic E-state index is 11.1. The SMILES string of the molecule is C=C(C#N)N1CCN(C(=O)OC)CC1. The number of nitriles is 1. The first kappa shape index (κ1) is 10.4. The Morgan fingerprint density at radius 3 is 2.29 bits per heavy atom. The predicted molar refractivity (Wildman–Crippen MR) is 50.3 cm³/mol. The van der Waals surface area contributed by atoms with Crippen LogP contribution >= 0.6 is 0 Å². The summed E-state index contributed by atoms with van der Waals surface area (Å²) in [5, 5.41) is 8.61. The molecule has 5 nitrogen and oxygen atoms in total. The first-order chi connectivity index (χ1) is 6.69. The molecule has 1 amide bonds. The molecule has 14 heavy (non-hydrogen) atoms. The van der Waals surface area contributed by atoms with Gasteiger partial charge in [-0.1, -0.05) is 6.58 Å². The Bertz CT molecular complexity index is 274. The number of hydrogen-bond donors (Lipinski definition) is 0. The average molecular weight is 195 g/mol. The number of allylic oxidation sites excluding steroid dienone is 1. The Morgan fingerprint density at radius 2 is 1.86 bits per heavy atom. The molecule has 0 aromatic carbocycles. The van der Waals surface area contributed by atoms with Gasteiger partial charge in [-0.2, -0.15) is 5.26 Å². The van der Waals surface area contributed by atoms with Crippen LogP contribution in [-0.2, 0) is 4.74 Å². The van der Waals surface area contributed by atoms with Crippen LogP contribution in [0, 0.1) is 11.3 Å². The van der Waals surface area contributed by atoms with Gasteiger partial charge in [-0.15, -0.1) is 0 Å². The summed E-state index contributed by atoms with van der Waals surface area (Å²) in [6.07, 6.45) is -0.313. The van der Waals surface area contributed by atoms with Gasteiger partial charge in [0, 0.05) is 26.2 Å². The molecule has 1 saturated heterocycles. The van der Waals surface area contributed by atoms with E-state index in [-0.39, 0.29) is 6.09 Å². The smallest absolute Gasteiger partial charge is 0.409 e. The van der Waals surface area contributed by atoms with Gasteiger partial charge in [0.15, 0.2) is 0 Å². The molecule has 0 aromatic heterocycles. The van der Waals surface area contributed by atoms with Gasteiger partial charge in [0.2, 0.25) is 0 Å². The lowest BCUT2D eigenvalue weighted by Gasteiger charge is -2.34. The van der Waals surface area contributed by atoms with E-state index in [1.807, 2.05) is 11.0 Å². The third-order valence-corrected chi connectivity index (χ3v) is 2.22. The molecule has 5 heteroatoms. The van der Waals surface area contributed by atoms with Crippen molar-refractivity contribution in [3.63, 3.8) is 0 Å². The van der Waals surface area contributed by atoms with Crippen molar-refractivity contribution in [2.75, 3.05) is 33.3 Å². The highest BCUT2D eigenvalue weighted by Crippen LogP contribution is 2.07. The quantitative estimate of drug-likeness (QED) is 0.568. The van der Waals surface area contributed by atoms with Crippen LogP contribution in [0.5, 0.6) is 0 Å². The Labute approximate surface area is 83.2 Å². The minimum Gasteiger partial charge on any atom is -0.453 e. The zero-order valence-electron chi connectivity index (χ0n) is 8.19. The highest BCUT2D eigenvalue weighted by molar-refractivity contribution is 5.67. The maximum Gasteiger partial charge on any atom is 0.409 e. The molecular formula is C9H13N3O2. The van der Waals surface area contributed by atoms with Gasteiger partial charge in [-0.3, -0.25) is 0 Å². The fraction of sp³-hybridized carbons (Fsp3) is 0.556. The minimum atomic E-state index is -0.313. The van der Waals surface area contributed by atoms with Gasteiger partial charge < -0.3 is 14.5 Å². The first-order valence-corrected chi connectivity index (χ1v) is 4.36. The first-order valence-electron chi connectivity index (χ1n) is 4.36. The number of carbonyl (C=O) groups excluding carboxylic acids is 1. The van der Waals surface area contributed by atoms with Crippen LogP contribution in [0.2, 0.25) is 0 Å². The van der Waals surface area contributed by atoms with E-state index in [2.05, 4.69) is 11.3 Å². The Morgan fingerprint density at radius 1 is 1.36 bits per heavy atom. The second-order valence-corrected chi connectivity index (χ2v) is 3.00. The number of amides is 1. The van der Waals surface area contributed by atoms with Gasteiger partial charge >= 0.3 is 6.09 Å². The third kappa shape index (κ3) is 2.16. The molecule has 1 aliphatic heterocycles. The molecule has 0 radical (unpaired) electrons. The minimum absolute atomic E-state index is 0.313. The summed E-state index contributed by atoms with van der Waals surface area (Å²) >= 11 is 0. The van der Waals surface area contributed by atoms with Crippen molar-refractivity contribution >= 4 is 6.09 Å². The molecule has 1 rings (SSSR count). The molecule has 0 N–H and O–H groups in total. The molecule has 0 saturated carbocycles. The molecule has 76 valence electrons. The van der Waals surface area contributed by atoms with Crippen molar-refractivity contribution < 1.29 is 9.53 Å². The van der Waals surface area contributed by atoms with Crippen LogP contribution in [0.15, 0.2) is 12.3 Å². The number of methoxy groups -OCH3 is 1. The molecule has 0 atom stereocenters. The van der Waals surface area contributed by atoms with E-state index < -0.39 is 0 Å². The van der Waals surface area contributed by atoms with Crippen LogP contribution in [0.3, 0.4) is 0 Å². The van der Waals surface area contributed by atoms with Gasteiger partial charge in [-0.05, 0) is 0 Å². The lowest BCUT2D eigenvalue weighted by molar-refractivity contribution is 0.101. The summed E-state index contributed by atoms with van der Waals surface area (Å²) in [5.74, 6) is 0. The Hall–Kier alpha value is -1.70. The average Bonchev–Trinajstić information content (AvgIpc) is 2.27. The fourth-order valence-electron chi connectivity index (χ4n) is 1.36. The highest BCUT2D eigenvalue weighted by Gasteiger charge is 2.21. The number of piperazine rings is 1. The van der Waals surface area contributed by atoms with E-state index in [0.29, 0.717) is 31.9 Å². The van der Waals surface area contributed by atoms with Crippen molar-refractivity contribution in [3.05, 3.63) is 12.3 Å². The van der Waals surface area contributed by atoms with Gasteiger partial charge in [0.25, 0.3) is 0 Å². The number of hydrogen-bond acceptors (Lipinski definition) is 4. The lowest BCUT2D eigenvalue weighted by Crippen LogP contribution is -2.47. The van der Waals surface area contributed by atoms with Crippen LogP contribution in [-0.4, -0.2) is 49.2 Å². The summed E-state index contributed by atoms with van der Waals surface area (Å²) in [6, 6.07) is 1.99. The van der Waals surface area contributed by atoms with Crippen molar-refractivity contribution in [1.29, 1.82) is 5.26 Å². The number of ether oxygens (including phenoxy) is 1. The van der Waals surface area contributed by atoms with Crippen molar-refractivity contribution in [2.45, 2.75) is 0 Å². The van der Waals surface area contributed by atoms with Crippen molar-refractivity contribution in [3.8, 4) is 6.07 Å². The summed E-state index contributed by atoms with van der Waals surface area (Å²) in [4.78, 5) is 14.6. The van der Waals surface area contributed by atoms with E-state index in [1.165, 1.54) is 7.11 Å². The zero-order chi connectivity index (χ0) is 10.6. The monoisotopic (exact) mass is 195 g/mol. The summed E-state index contributed by atoms with van der Waals surface area (Å²) in [6.45, 7) is 6.05. The third-order valence-electron chi connectivity index (χ3n) is 2.22. The molecule has 0 aliphatic carbocycles. The second kappa shape index (κ2) is 4.51. The number of rotatable bonds is 1. The normalized spacial score (nSPS) is 16.0. The standard InChI is InChI=1S/C9H13N3O2/c1-8(7-10)11-3-5-12(6-4-11)9(13)14-2/h1,3-6H2,2H3. The molecule has 0 aromatic rings. The topological polar surface area (TPSA) is 56.6 Å². The molecule has 0 unspecified atom stereocenters. The molecule has 1 fully saturated rings. The van der Waals surface area contributed by atoms with Crippen LogP contribution in [0.4, 0.5) is 4.79 Å². The van der Waals surface area contributed by atoms with Gasteiger partial charge in [-0.25, -0.2) is 4.79 Å². The van der Waals surface area contributed by atoms with Gasteiger partial charge in [0.05, 0.1) is 7.11 Å². The van der Waals surface area contributed by atoms with Gasteiger partial charge in [0.1, 0.15) is 11.8 Å². The highest BCUT2D eigenvalue weighted by atomic mass is 16.5. The molecule has 1 heterocycles. The molecular weight excluding hydrogens is 182 g/mol. The molecule has 0 bridgehead atoms. The predicted octanol–water partition coefficient (Wildman–Crippen LogP) is 0.408. The summed E-state index contributed by atoms with van der Waals surface area (Å²) in [7, 11) is 1.36. The van der Waals surface area contributed by atoms with Crippen LogP contribution < -0.4 is 0 Å².